The van der Waals surface area contributed by atoms with Gasteiger partial charge in [0.25, 0.3) is 10.0 Å². The highest BCUT2D eigenvalue weighted by Crippen LogP contribution is 2.22. The Morgan fingerprint density at radius 1 is 1.03 bits per heavy atom. The van der Waals surface area contributed by atoms with Crippen molar-refractivity contribution in [3.05, 3.63) is 59.9 Å². The summed E-state index contributed by atoms with van der Waals surface area (Å²) in [5.41, 5.74) is 7.24. The van der Waals surface area contributed by atoms with E-state index in [2.05, 4.69) is 19.7 Å². The van der Waals surface area contributed by atoms with Crippen LogP contribution in [-0.4, -0.2) is 36.7 Å². The van der Waals surface area contributed by atoms with Crippen LogP contribution in [0.3, 0.4) is 0 Å². The first-order valence-electron chi connectivity index (χ1n) is 10.3. The summed E-state index contributed by atoms with van der Waals surface area (Å²) in [7, 11) is -3.52. The largest absolute Gasteiger partial charge is 0.457 e. The first-order chi connectivity index (χ1) is 15.4. The summed E-state index contributed by atoms with van der Waals surface area (Å²) in [5, 5.41) is 0.764. The molecule has 0 aliphatic carbocycles. The van der Waals surface area contributed by atoms with Gasteiger partial charge >= 0.3 is 5.97 Å². The predicted molar refractivity (Wildman–Crippen MR) is 120 cm³/mol. The van der Waals surface area contributed by atoms with Gasteiger partial charge in [-0.05, 0) is 37.1 Å². The number of nitrogen functional groups attached to an aromatic ring is 1. The molecule has 0 amide bonds. The van der Waals surface area contributed by atoms with Crippen LogP contribution in [0.25, 0.3) is 10.9 Å². The summed E-state index contributed by atoms with van der Waals surface area (Å²) >= 11 is 0. The predicted octanol–water partition coefficient (Wildman–Crippen LogP) is 2.55. The zero-order valence-electron chi connectivity index (χ0n) is 17.3. The fraction of sp³-hybridized carbons (Fsp3) is 0.273. The van der Waals surface area contributed by atoms with E-state index < -0.39 is 10.0 Å². The molecule has 0 bridgehead atoms. The van der Waals surface area contributed by atoms with Gasteiger partial charge in [0.15, 0.2) is 12.4 Å². The van der Waals surface area contributed by atoms with Gasteiger partial charge in [-0.3, -0.25) is 14.5 Å². The molecule has 2 heterocycles. The highest BCUT2D eigenvalue weighted by Gasteiger charge is 2.29. The average Bonchev–Trinajstić information content (AvgIpc) is 3.05. The number of benzene rings is 2. The van der Waals surface area contributed by atoms with Gasteiger partial charge < -0.3 is 10.5 Å². The number of carbonyl (C=O) groups is 1. The molecule has 166 valence electrons. The smallest absolute Gasteiger partial charge is 0.306 e. The second kappa shape index (κ2) is 9.31. The lowest BCUT2D eigenvalue weighted by molar-refractivity contribution is -0.145. The van der Waals surface area contributed by atoms with E-state index in [0.717, 1.165) is 18.2 Å². The summed E-state index contributed by atoms with van der Waals surface area (Å²) in [4.78, 5) is 25.2. The molecule has 2 aromatic carbocycles. The normalized spacial score (nSPS) is 15.4. The molecule has 0 atom stereocenters. The summed E-state index contributed by atoms with van der Waals surface area (Å²) < 4.78 is 31.9. The van der Waals surface area contributed by atoms with Crippen LogP contribution in [0.1, 0.15) is 37.1 Å². The monoisotopic (exact) mass is 453 g/mol. The number of amidine groups is 1. The van der Waals surface area contributed by atoms with E-state index in [-0.39, 0.29) is 23.9 Å². The number of sulfonamides is 1. The molecule has 1 aliphatic heterocycles. The molecule has 3 aromatic rings. The molecule has 1 aromatic heterocycles. The third-order valence-electron chi connectivity index (χ3n) is 5.01. The van der Waals surface area contributed by atoms with Crippen LogP contribution in [0, 0.1) is 0 Å². The summed E-state index contributed by atoms with van der Waals surface area (Å²) in [6.07, 6.45) is 2.41. The maximum Gasteiger partial charge on any atom is 0.306 e. The van der Waals surface area contributed by atoms with Crippen molar-refractivity contribution in [2.45, 2.75) is 37.2 Å². The number of nitrogens with zero attached hydrogens (tertiary/aromatic N) is 3. The number of nitrogens with two attached hydrogens (primary N) is 1. The minimum atomic E-state index is -3.52. The van der Waals surface area contributed by atoms with E-state index in [4.69, 9.17) is 10.5 Å². The van der Waals surface area contributed by atoms with E-state index in [1.54, 1.807) is 24.3 Å². The Labute approximate surface area is 185 Å². The van der Waals surface area contributed by atoms with Crippen molar-refractivity contribution in [3.8, 4) is 0 Å². The first kappa shape index (κ1) is 21.7. The van der Waals surface area contributed by atoms with Crippen molar-refractivity contribution in [3.63, 3.8) is 0 Å². The molecule has 9 nitrogen and oxygen atoms in total. The number of fused-ring (bicyclic) bond motifs is 2. The number of carbonyl (C=O) groups excluding carboxylic acids is 1. The SMILES string of the molecule is Nc1nc(COC(=O)CCCCCN=C2NS(=O)(=O)c3ccccc32)nc2ccccc12. The van der Waals surface area contributed by atoms with Crippen LogP contribution in [0.2, 0.25) is 0 Å². The molecule has 10 heteroatoms. The number of hydrogen-bond donors (Lipinski definition) is 2. The number of anilines is 1. The van der Waals surface area contributed by atoms with Crippen molar-refractivity contribution in [1.82, 2.24) is 14.7 Å². The van der Waals surface area contributed by atoms with Crippen LogP contribution < -0.4 is 10.5 Å². The maximum atomic E-state index is 12.1. The van der Waals surface area contributed by atoms with E-state index in [1.807, 2.05) is 24.3 Å². The molecule has 0 saturated carbocycles. The average molecular weight is 454 g/mol. The Balaban J connectivity index is 1.19. The molecule has 0 spiro atoms. The Morgan fingerprint density at radius 2 is 1.81 bits per heavy atom. The van der Waals surface area contributed by atoms with Gasteiger partial charge in [0, 0.05) is 23.9 Å². The number of nitrogens with one attached hydrogen (secondary N) is 1. The van der Waals surface area contributed by atoms with Crippen molar-refractivity contribution in [1.29, 1.82) is 0 Å². The van der Waals surface area contributed by atoms with Gasteiger partial charge in [0.1, 0.15) is 11.7 Å². The van der Waals surface area contributed by atoms with Crippen molar-refractivity contribution >= 4 is 38.5 Å². The highest BCUT2D eigenvalue weighted by atomic mass is 32.2. The van der Waals surface area contributed by atoms with Gasteiger partial charge in [0.05, 0.1) is 10.4 Å². The minimum absolute atomic E-state index is 0.0267. The maximum absolute atomic E-state index is 12.1. The van der Waals surface area contributed by atoms with Crippen LogP contribution in [0.15, 0.2) is 58.4 Å². The Hall–Kier alpha value is -3.53. The summed E-state index contributed by atoms with van der Waals surface area (Å²) in [5.74, 6) is 0.763. The summed E-state index contributed by atoms with van der Waals surface area (Å²) in [6, 6.07) is 14.1. The highest BCUT2D eigenvalue weighted by molar-refractivity contribution is 7.90. The quantitative estimate of drug-likeness (QED) is 0.395. The molecule has 32 heavy (non-hydrogen) atoms. The zero-order chi connectivity index (χ0) is 22.6. The van der Waals surface area contributed by atoms with Crippen LogP contribution >= 0.6 is 0 Å². The lowest BCUT2D eigenvalue weighted by Gasteiger charge is -2.06. The lowest BCUT2D eigenvalue weighted by atomic mass is 10.2. The second-order valence-corrected chi connectivity index (χ2v) is 9.00. The van der Waals surface area contributed by atoms with Crippen molar-refractivity contribution in [2.75, 3.05) is 12.3 Å². The second-order valence-electron chi connectivity index (χ2n) is 7.35. The molecular weight excluding hydrogens is 430 g/mol. The van der Waals surface area contributed by atoms with Crippen LogP contribution in [0.4, 0.5) is 5.82 Å². The van der Waals surface area contributed by atoms with Crippen LogP contribution in [-0.2, 0) is 26.2 Å². The fourth-order valence-electron chi connectivity index (χ4n) is 3.43. The van der Waals surface area contributed by atoms with Crippen LogP contribution in [0.5, 0.6) is 0 Å². The number of rotatable bonds is 8. The lowest BCUT2D eigenvalue weighted by Crippen LogP contribution is -2.22. The molecule has 0 saturated heterocycles. The first-order valence-corrected chi connectivity index (χ1v) is 11.8. The molecule has 0 radical (unpaired) electrons. The number of unbranched alkanes of at least 4 members (excludes halogenated alkanes) is 2. The van der Waals surface area contributed by atoms with Gasteiger partial charge in [-0.2, -0.15) is 0 Å². The molecular formula is C22H23N5O4S. The Morgan fingerprint density at radius 3 is 2.69 bits per heavy atom. The number of esters is 1. The Bertz CT molecular complexity index is 1290. The topological polar surface area (TPSA) is 137 Å². The van der Waals surface area contributed by atoms with Gasteiger partial charge in [-0.1, -0.05) is 30.7 Å². The third kappa shape index (κ3) is 4.86. The molecule has 4 rings (SSSR count). The number of ether oxygens (including phenoxy) is 1. The molecule has 1 aliphatic rings. The van der Waals surface area contributed by atoms with E-state index in [1.165, 1.54) is 0 Å². The van der Waals surface area contributed by atoms with Gasteiger partial charge in [-0.15, -0.1) is 0 Å². The molecule has 3 N–H and O–H groups in total. The number of para-hydroxylation sites is 1. The fourth-order valence-corrected chi connectivity index (χ4v) is 4.68. The summed E-state index contributed by atoms with van der Waals surface area (Å²) in [6.45, 7) is 0.437. The number of aliphatic imine (C=N–C) groups is 1. The number of hydrogen-bond acceptors (Lipinski definition) is 8. The third-order valence-corrected chi connectivity index (χ3v) is 6.41. The standard InChI is InChI=1S/C22H23N5O4S/c23-21-15-8-3-5-10-17(15)25-19(26-21)14-31-20(28)12-2-1-7-13-24-22-16-9-4-6-11-18(16)32(29,30)27-22/h3-6,8-11H,1-2,7,12-14H2,(H,24,27)(H2,23,25,26). The molecule has 0 unspecified atom stereocenters. The van der Waals surface area contributed by atoms with Gasteiger partial charge in [0.2, 0.25) is 0 Å². The number of aromatic nitrogens is 2. The van der Waals surface area contributed by atoms with E-state index >= 15 is 0 Å². The van der Waals surface area contributed by atoms with Crippen molar-refractivity contribution < 1.29 is 17.9 Å². The zero-order valence-corrected chi connectivity index (χ0v) is 18.1. The van der Waals surface area contributed by atoms with E-state index in [9.17, 15) is 13.2 Å². The minimum Gasteiger partial charge on any atom is -0.457 e. The molecule has 0 fully saturated rings. The van der Waals surface area contributed by atoms with Gasteiger partial charge in [-0.25, -0.2) is 18.4 Å². The Kier molecular flexibility index (Phi) is 6.31. The van der Waals surface area contributed by atoms with E-state index in [0.29, 0.717) is 41.5 Å². The van der Waals surface area contributed by atoms with Crippen molar-refractivity contribution in [2.24, 2.45) is 4.99 Å².